The number of nitrogens with zero attached hydrogens (tertiary/aromatic N) is 1. The molecule has 1 aliphatic heterocycles. The molecular formula is C12H17FN2O2S. The lowest BCUT2D eigenvalue weighted by Gasteiger charge is -2.21. The summed E-state index contributed by atoms with van der Waals surface area (Å²) in [4.78, 5) is -0.255. The molecule has 0 aromatic heterocycles. The van der Waals surface area contributed by atoms with Crippen molar-refractivity contribution in [1.82, 2.24) is 4.31 Å². The van der Waals surface area contributed by atoms with E-state index in [1.165, 1.54) is 22.5 Å². The molecule has 1 fully saturated rings. The van der Waals surface area contributed by atoms with Crippen molar-refractivity contribution in [1.29, 1.82) is 0 Å². The molecule has 18 heavy (non-hydrogen) atoms. The fourth-order valence-electron chi connectivity index (χ4n) is 2.39. The van der Waals surface area contributed by atoms with Gasteiger partial charge in [-0.3, -0.25) is 0 Å². The lowest BCUT2D eigenvalue weighted by atomic mass is 10.1. The van der Waals surface area contributed by atoms with Gasteiger partial charge in [-0.2, -0.15) is 4.31 Å². The monoisotopic (exact) mass is 272 g/mol. The summed E-state index contributed by atoms with van der Waals surface area (Å²) in [5.41, 5.74) is 5.57. The van der Waals surface area contributed by atoms with Crippen LogP contribution in [0.4, 0.5) is 4.39 Å². The first-order valence-electron chi connectivity index (χ1n) is 5.93. The molecule has 0 aliphatic carbocycles. The SMILES string of the molecule is CC1CC(CN)CN1S(=O)(=O)c1ccccc1F. The molecule has 2 unspecified atom stereocenters. The summed E-state index contributed by atoms with van der Waals surface area (Å²) < 4.78 is 39.7. The fraction of sp³-hybridized carbons (Fsp3) is 0.500. The van der Waals surface area contributed by atoms with Crippen molar-refractivity contribution in [2.45, 2.75) is 24.3 Å². The Morgan fingerprint density at radius 3 is 2.67 bits per heavy atom. The van der Waals surface area contributed by atoms with Crippen molar-refractivity contribution in [2.24, 2.45) is 11.7 Å². The van der Waals surface area contributed by atoms with Crippen LogP contribution in [0.3, 0.4) is 0 Å². The van der Waals surface area contributed by atoms with E-state index >= 15 is 0 Å². The van der Waals surface area contributed by atoms with E-state index in [1.807, 2.05) is 6.92 Å². The predicted octanol–water partition coefficient (Wildman–Crippen LogP) is 1.18. The molecule has 4 nitrogen and oxygen atoms in total. The molecular weight excluding hydrogens is 255 g/mol. The lowest BCUT2D eigenvalue weighted by molar-refractivity contribution is 0.401. The molecule has 1 aliphatic rings. The number of hydrogen-bond acceptors (Lipinski definition) is 3. The van der Waals surface area contributed by atoms with Crippen molar-refractivity contribution in [3.8, 4) is 0 Å². The summed E-state index contributed by atoms with van der Waals surface area (Å²) in [5, 5.41) is 0. The second-order valence-corrected chi connectivity index (χ2v) is 6.55. The highest BCUT2D eigenvalue weighted by Gasteiger charge is 2.38. The first-order chi connectivity index (χ1) is 8.46. The van der Waals surface area contributed by atoms with Gasteiger partial charge in [0.2, 0.25) is 10.0 Å². The first-order valence-corrected chi connectivity index (χ1v) is 7.37. The Kier molecular flexibility index (Phi) is 3.70. The molecule has 1 aromatic rings. The zero-order valence-electron chi connectivity index (χ0n) is 10.2. The van der Waals surface area contributed by atoms with Gasteiger partial charge in [-0.25, -0.2) is 12.8 Å². The van der Waals surface area contributed by atoms with Gasteiger partial charge in [-0.05, 0) is 37.9 Å². The van der Waals surface area contributed by atoms with Gasteiger partial charge in [0.05, 0.1) is 0 Å². The third kappa shape index (κ3) is 2.28. The van der Waals surface area contributed by atoms with Crippen LogP contribution in [0.1, 0.15) is 13.3 Å². The van der Waals surface area contributed by atoms with Gasteiger partial charge in [0.15, 0.2) is 0 Å². The van der Waals surface area contributed by atoms with Crippen LogP contribution in [0.2, 0.25) is 0 Å². The fourth-order valence-corrected chi connectivity index (χ4v) is 4.18. The van der Waals surface area contributed by atoms with Gasteiger partial charge in [-0.15, -0.1) is 0 Å². The zero-order valence-corrected chi connectivity index (χ0v) is 11.0. The summed E-state index contributed by atoms with van der Waals surface area (Å²) >= 11 is 0. The molecule has 2 rings (SSSR count). The molecule has 100 valence electrons. The van der Waals surface area contributed by atoms with Gasteiger partial charge in [0, 0.05) is 12.6 Å². The van der Waals surface area contributed by atoms with Crippen LogP contribution < -0.4 is 5.73 Å². The van der Waals surface area contributed by atoms with E-state index in [4.69, 9.17) is 5.73 Å². The molecule has 1 aromatic carbocycles. The molecule has 0 amide bonds. The quantitative estimate of drug-likeness (QED) is 0.898. The highest BCUT2D eigenvalue weighted by molar-refractivity contribution is 7.89. The maximum absolute atomic E-state index is 13.6. The van der Waals surface area contributed by atoms with Gasteiger partial charge < -0.3 is 5.73 Å². The summed E-state index contributed by atoms with van der Waals surface area (Å²) in [6.45, 7) is 2.65. The van der Waals surface area contributed by atoms with E-state index < -0.39 is 15.8 Å². The minimum absolute atomic E-state index is 0.136. The van der Waals surface area contributed by atoms with E-state index in [2.05, 4.69) is 0 Å². The van der Waals surface area contributed by atoms with Crippen LogP contribution in [0, 0.1) is 11.7 Å². The third-order valence-electron chi connectivity index (χ3n) is 3.36. The van der Waals surface area contributed by atoms with E-state index in [1.54, 1.807) is 0 Å². The average molecular weight is 272 g/mol. The Balaban J connectivity index is 2.36. The average Bonchev–Trinajstić information content (AvgIpc) is 2.71. The summed E-state index contributed by atoms with van der Waals surface area (Å²) in [7, 11) is -3.76. The van der Waals surface area contributed by atoms with E-state index in [9.17, 15) is 12.8 Å². The maximum atomic E-state index is 13.6. The van der Waals surface area contributed by atoms with Crippen LogP contribution in [0.15, 0.2) is 29.2 Å². The third-order valence-corrected chi connectivity index (χ3v) is 5.37. The Morgan fingerprint density at radius 2 is 2.11 bits per heavy atom. The molecule has 2 N–H and O–H groups in total. The summed E-state index contributed by atoms with van der Waals surface area (Å²) in [6.07, 6.45) is 0.726. The Labute approximate surface area is 107 Å². The summed E-state index contributed by atoms with van der Waals surface area (Å²) in [5.74, 6) is -0.553. The second kappa shape index (κ2) is 4.95. The molecule has 0 saturated carbocycles. The second-order valence-electron chi connectivity index (χ2n) is 4.69. The van der Waals surface area contributed by atoms with Gasteiger partial charge in [0.25, 0.3) is 0 Å². The number of benzene rings is 1. The van der Waals surface area contributed by atoms with E-state index in [0.717, 1.165) is 12.5 Å². The van der Waals surface area contributed by atoms with Crippen LogP contribution in [-0.2, 0) is 10.0 Å². The first kappa shape index (κ1) is 13.5. The van der Waals surface area contributed by atoms with Crippen LogP contribution >= 0.6 is 0 Å². The number of hydrogen-bond donors (Lipinski definition) is 1. The topological polar surface area (TPSA) is 63.4 Å². The minimum Gasteiger partial charge on any atom is -0.330 e. The molecule has 0 radical (unpaired) electrons. The molecule has 2 atom stereocenters. The Hall–Kier alpha value is -0.980. The van der Waals surface area contributed by atoms with Crippen molar-refractivity contribution in [2.75, 3.05) is 13.1 Å². The molecule has 6 heteroatoms. The predicted molar refractivity (Wildman–Crippen MR) is 66.9 cm³/mol. The highest BCUT2D eigenvalue weighted by atomic mass is 32.2. The van der Waals surface area contributed by atoms with Gasteiger partial charge in [0.1, 0.15) is 10.7 Å². The molecule has 1 heterocycles. The van der Waals surface area contributed by atoms with Crippen molar-refractivity contribution in [3.05, 3.63) is 30.1 Å². The smallest absolute Gasteiger partial charge is 0.246 e. The number of halogens is 1. The van der Waals surface area contributed by atoms with Crippen molar-refractivity contribution in [3.63, 3.8) is 0 Å². The summed E-state index contributed by atoms with van der Waals surface area (Å²) in [6, 6.07) is 5.33. The lowest BCUT2D eigenvalue weighted by Crippen LogP contribution is -2.34. The number of nitrogens with two attached hydrogens (primary N) is 1. The Morgan fingerprint density at radius 1 is 1.44 bits per heavy atom. The minimum atomic E-state index is -3.76. The van der Waals surface area contributed by atoms with E-state index in [-0.39, 0.29) is 16.9 Å². The van der Waals surface area contributed by atoms with Crippen LogP contribution in [-0.4, -0.2) is 31.9 Å². The molecule has 1 saturated heterocycles. The van der Waals surface area contributed by atoms with Crippen molar-refractivity contribution >= 4 is 10.0 Å². The largest absolute Gasteiger partial charge is 0.330 e. The number of rotatable bonds is 3. The highest BCUT2D eigenvalue weighted by Crippen LogP contribution is 2.29. The van der Waals surface area contributed by atoms with E-state index in [0.29, 0.717) is 13.1 Å². The van der Waals surface area contributed by atoms with Crippen molar-refractivity contribution < 1.29 is 12.8 Å². The van der Waals surface area contributed by atoms with Gasteiger partial charge in [-0.1, -0.05) is 12.1 Å². The molecule has 0 bridgehead atoms. The number of sulfonamides is 1. The van der Waals surface area contributed by atoms with Crippen LogP contribution in [0.25, 0.3) is 0 Å². The van der Waals surface area contributed by atoms with Crippen LogP contribution in [0.5, 0.6) is 0 Å². The Bertz CT molecular complexity index is 533. The van der Waals surface area contributed by atoms with Gasteiger partial charge >= 0.3 is 0 Å². The normalized spacial score (nSPS) is 25.5. The standard InChI is InChI=1S/C12H17FN2O2S/c1-9-6-10(7-14)8-15(9)18(16,17)12-5-3-2-4-11(12)13/h2-5,9-10H,6-8,14H2,1H3. The maximum Gasteiger partial charge on any atom is 0.246 e. The zero-order chi connectivity index (χ0) is 13.3. The molecule has 0 spiro atoms.